The summed E-state index contributed by atoms with van der Waals surface area (Å²) < 4.78 is 37.1. The Morgan fingerprint density at radius 3 is 2.57 bits per heavy atom. The summed E-state index contributed by atoms with van der Waals surface area (Å²) in [6.45, 7) is -0.616. The fraction of sp³-hybridized carbons (Fsp3) is 0.500. The highest BCUT2D eigenvalue weighted by Crippen LogP contribution is 2.21. The molecule has 0 fully saturated rings. The molecule has 6 nitrogen and oxygen atoms in total. The Kier molecular flexibility index (Phi) is 7.79. The van der Waals surface area contributed by atoms with Gasteiger partial charge in [-0.3, -0.25) is 15.1 Å². The largest absolute Gasteiger partial charge is 0.401 e. The molecule has 1 aromatic rings. The van der Waals surface area contributed by atoms with Crippen LogP contribution in [0.4, 0.5) is 18.0 Å². The Balaban J connectivity index is 2.14. The molecular weight excluding hydrogens is 401 g/mol. The summed E-state index contributed by atoms with van der Waals surface area (Å²) in [6.07, 6.45) is -3.88. The van der Waals surface area contributed by atoms with E-state index in [1.165, 1.54) is 18.4 Å². The number of carbonyl (C=O) groups is 2. The number of nitrogens with one attached hydrogen (secondary N) is 3. The minimum atomic E-state index is -4.24. The molecule has 23 heavy (non-hydrogen) atoms. The van der Waals surface area contributed by atoms with Gasteiger partial charge >= 0.3 is 12.2 Å². The van der Waals surface area contributed by atoms with Crippen molar-refractivity contribution >= 4 is 39.2 Å². The van der Waals surface area contributed by atoms with Gasteiger partial charge in [0.25, 0.3) is 5.91 Å². The molecule has 0 saturated heterocycles. The van der Waals surface area contributed by atoms with Crippen LogP contribution in [-0.4, -0.2) is 49.7 Å². The summed E-state index contributed by atoms with van der Waals surface area (Å²) in [5.74, 6) is -0.458. The maximum Gasteiger partial charge on any atom is 0.401 e. The van der Waals surface area contributed by atoms with Crippen molar-refractivity contribution in [1.29, 1.82) is 0 Å². The van der Waals surface area contributed by atoms with Crippen molar-refractivity contribution in [2.45, 2.75) is 12.6 Å². The summed E-state index contributed by atoms with van der Waals surface area (Å²) in [5.41, 5.74) is 4.39. The van der Waals surface area contributed by atoms with Gasteiger partial charge in [-0.25, -0.2) is 10.2 Å². The number of urea groups is 1. The second-order valence-electron chi connectivity index (χ2n) is 4.65. The van der Waals surface area contributed by atoms with Gasteiger partial charge < -0.3 is 5.32 Å². The lowest BCUT2D eigenvalue weighted by Gasteiger charge is -2.18. The van der Waals surface area contributed by atoms with Gasteiger partial charge in [-0.15, -0.1) is 11.3 Å². The Labute approximate surface area is 143 Å². The summed E-state index contributed by atoms with van der Waals surface area (Å²) >= 11 is 4.43. The summed E-state index contributed by atoms with van der Waals surface area (Å²) in [4.78, 5) is 24.6. The molecule has 1 rings (SSSR count). The monoisotopic (exact) mass is 416 g/mol. The molecule has 0 radical (unpaired) electrons. The Hall–Kier alpha value is -1.33. The number of nitrogens with zero attached hydrogens (tertiary/aromatic N) is 1. The molecule has 0 spiro atoms. The number of amides is 3. The minimum absolute atomic E-state index is 0.189. The molecule has 0 aliphatic heterocycles. The molecule has 0 unspecified atom stereocenters. The molecule has 130 valence electrons. The molecule has 0 bridgehead atoms. The maximum absolute atomic E-state index is 12.1. The second kappa shape index (κ2) is 9.08. The summed E-state index contributed by atoms with van der Waals surface area (Å²) in [6, 6.07) is 2.67. The van der Waals surface area contributed by atoms with E-state index in [0.717, 1.165) is 8.69 Å². The zero-order valence-electron chi connectivity index (χ0n) is 12.2. The number of hydrazine groups is 1. The number of alkyl halides is 3. The number of rotatable bonds is 6. The second-order valence-corrected chi connectivity index (χ2v) is 7.11. The van der Waals surface area contributed by atoms with Crippen molar-refractivity contribution in [2.75, 3.05) is 26.7 Å². The lowest BCUT2D eigenvalue weighted by Crippen LogP contribution is -2.47. The van der Waals surface area contributed by atoms with E-state index in [9.17, 15) is 22.8 Å². The van der Waals surface area contributed by atoms with Gasteiger partial charge in [-0.2, -0.15) is 13.2 Å². The third-order valence-corrected chi connectivity index (χ3v) is 4.16. The van der Waals surface area contributed by atoms with E-state index in [2.05, 4.69) is 32.1 Å². The zero-order chi connectivity index (χ0) is 17.5. The van der Waals surface area contributed by atoms with Gasteiger partial charge in [0.1, 0.15) is 0 Å². The van der Waals surface area contributed by atoms with E-state index < -0.39 is 24.7 Å². The maximum atomic E-state index is 12.1. The van der Waals surface area contributed by atoms with Gasteiger partial charge in [0.05, 0.1) is 15.2 Å². The third kappa shape index (κ3) is 8.77. The van der Waals surface area contributed by atoms with Crippen molar-refractivity contribution in [3.63, 3.8) is 0 Å². The highest BCUT2D eigenvalue weighted by atomic mass is 79.9. The smallest absolute Gasteiger partial charge is 0.337 e. The van der Waals surface area contributed by atoms with E-state index in [-0.39, 0.29) is 13.1 Å². The van der Waals surface area contributed by atoms with Crippen molar-refractivity contribution < 1.29 is 22.8 Å². The molecule has 1 aromatic heterocycles. The third-order valence-electron chi connectivity index (χ3n) is 2.54. The number of thiophene rings is 1. The molecule has 0 saturated carbocycles. The van der Waals surface area contributed by atoms with Gasteiger partial charge in [0.15, 0.2) is 0 Å². The fourth-order valence-corrected chi connectivity index (χ4v) is 2.87. The highest BCUT2D eigenvalue weighted by Gasteiger charge is 2.28. The average molecular weight is 417 g/mol. The van der Waals surface area contributed by atoms with Crippen LogP contribution in [0.1, 0.15) is 16.1 Å². The fourth-order valence-electron chi connectivity index (χ4n) is 1.59. The predicted molar refractivity (Wildman–Crippen MR) is 84.2 cm³/mol. The molecule has 0 atom stereocenters. The van der Waals surface area contributed by atoms with Crippen LogP contribution in [-0.2, 0) is 0 Å². The van der Waals surface area contributed by atoms with E-state index >= 15 is 0 Å². The minimum Gasteiger partial charge on any atom is -0.337 e. The van der Waals surface area contributed by atoms with E-state index in [4.69, 9.17) is 0 Å². The average Bonchev–Trinajstić information content (AvgIpc) is 2.85. The van der Waals surface area contributed by atoms with Gasteiger partial charge in [-0.1, -0.05) is 0 Å². The summed E-state index contributed by atoms with van der Waals surface area (Å²) in [7, 11) is 1.35. The number of hydrogen-bond donors (Lipinski definition) is 3. The Morgan fingerprint density at radius 1 is 1.30 bits per heavy atom. The Morgan fingerprint density at radius 2 is 2.00 bits per heavy atom. The SMILES string of the molecule is CN(CCCNC(=O)NNC(=O)c1ccc(Br)s1)CC(F)(F)F. The first kappa shape index (κ1) is 19.7. The quantitative estimate of drug-likeness (QED) is 0.492. The van der Waals surface area contributed by atoms with E-state index in [0.29, 0.717) is 11.3 Å². The van der Waals surface area contributed by atoms with Gasteiger partial charge in [0, 0.05) is 6.54 Å². The topological polar surface area (TPSA) is 73.5 Å². The lowest BCUT2D eigenvalue weighted by atomic mass is 10.4. The van der Waals surface area contributed by atoms with Crippen LogP contribution in [0.15, 0.2) is 15.9 Å². The molecule has 0 aliphatic carbocycles. The van der Waals surface area contributed by atoms with Crippen LogP contribution in [0.3, 0.4) is 0 Å². The highest BCUT2D eigenvalue weighted by molar-refractivity contribution is 9.11. The van der Waals surface area contributed by atoms with Crippen molar-refractivity contribution in [3.05, 3.63) is 20.8 Å². The van der Waals surface area contributed by atoms with Crippen LogP contribution in [0.25, 0.3) is 0 Å². The first-order valence-electron chi connectivity index (χ1n) is 6.52. The van der Waals surface area contributed by atoms with Crippen molar-refractivity contribution in [1.82, 2.24) is 21.1 Å². The first-order valence-corrected chi connectivity index (χ1v) is 8.13. The van der Waals surface area contributed by atoms with E-state index in [1.807, 2.05) is 0 Å². The number of hydrogen-bond acceptors (Lipinski definition) is 4. The lowest BCUT2D eigenvalue weighted by molar-refractivity contribution is -0.143. The van der Waals surface area contributed by atoms with Crippen LogP contribution >= 0.6 is 27.3 Å². The Bertz CT molecular complexity index is 539. The molecule has 1 heterocycles. The molecule has 3 amide bonds. The zero-order valence-corrected chi connectivity index (χ0v) is 14.6. The van der Waals surface area contributed by atoms with Crippen LogP contribution in [0.5, 0.6) is 0 Å². The molecule has 3 N–H and O–H groups in total. The normalized spacial score (nSPS) is 11.4. The van der Waals surface area contributed by atoms with Gasteiger partial charge in [0.2, 0.25) is 0 Å². The van der Waals surface area contributed by atoms with E-state index in [1.54, 1.807) is 12.1 Å². The van der Waals surface area contributed by atoms with Crippen molar-refractivity contribution in [3.8, 4) is 0 Å². The molecular formula is C12H16BrF3N4O2S. The molecule has 11 heteroatoms. The number of carbonyl (C=O) groups excluding carboxylic acids is 2. The molecule has 0 aliphatic rings. The van der Waals surface area contributed by atoms with Crippen molar-refractivity contribution in [2.24, 2.45) is 0 Å². The summed E-state index contributed by atoms with van der Waals surface area (Å²) in [5, 5.41) is 2.43. The predicted octanol–water partition coefficient (Wildman–Crippen LogP) is 2.34. The van der Waals surface area contributed by atoms with Crippen LogP contribution in [0, 0.1) is 0 Å². The number of halogens is 4. The van der Waals surface area contributed by atoms with Gasteiger partial charge in [-0.05, 0) is 48.1 Å². The van der Waals surface area contributed by atoms with Crippen LogP contribution in [0.2, 0.25) is 0 Å². The molecule has 0 aromatic carbocycles. The standard InChI is InChI=1S/C12H16BrF3N4O2S/c1-20(7-12(14,15)16)6-2-5-17-11(22)19-18-10(21)8-3-4-9(13)23-8/h3-4H,2,5-7H2,1H3,(H,18,21)(H2,17,19,22). The van der Waals surface area contributed by atoms with Crippen LogP contribution < -0.4 is 16.2 Å². The first-order chi connectivity index (χ1) is 10.7.